The summed E-state index contributed by atoms with van der Waals surface area (Å²) in [6.45, 7) is 4.38. The average molecular weight is 431 g/mol. The number of halogens is 2. The average Bonchev–Trinajstić information content (AvgIpc) is 2.66. The van der Waals surface area contributed by atoms with Crippen LogP contribution in [0.4, 0.5) is 0 Å². The van der Waals surface area contributed by atoms with Gasteiger partial charge in [-0.05, 0) is 49.3 Å². The molecule has 0 unspecified atom stereocenters. The molecule has 2 aromatic carbocycles. The fourth-order valence-corrected chi connectivity index (χ4v) is 2.04. The van der Waals surface area contributed by atoms with Gasteiger partial charge in [0.2, 0.25) is 0 Å². The molecule has 156 valence electrons. The highest BCUT2D eigenvalue weighted by Crippen LogP contribution is 2.10. The molecule has 0 heterocycles. The van der Waals surface area contributed by atoms with Crippen LogP contribution in [0.1, 0.15) is 23.6 Å². The van der Waals surface area contributed by atoms with Crippen molar-refractivity contribution in [3.8, 4) is 5.75 Å². The monoisotopic (exact) mass is 430 g/mol. The Hall–Kier alpha value is -2.21. The Bertz CT molecular complexity index is 644. The molecule has 2 aromatic rings. The van der Waals surface area contributed by atoms with E-state index in [4.69, 9.17) is 9.59 Å². The van der Waals surface area contributed by atoms with Crippen molar-refractivity contribution in [2.45, 2.75) is 26.4 Å². The Balaban J connectivity index is -0.000000369. The summed E-state index contributed by atoms with van der Waals surface area (Å²) in [5, 5.41) is 6.15. The molecular weight excluding hydrogens is 403 g/mol. The zero-order valence-electron chi connectivity index (χ0n) is 16.3. The summed E-state index contributed by atoms with van der Waals surface area (Å²) in [7, 11) is 3.85. The van der Waals surface area contributed by atoms with Crippen LogP contribution < -0.4 is 15.4 Å². The Morgan fingerprint density at radius 3 is 1.50 bits per heavy atom. The molecule has 0 saturated heterocycles. The summed E-state index contributed by atoms with van der Waals surface area (Å²) in [4.78, 5) is 26.2. The van der Waals surface area contributed by atoms with Crippen molar-refractivity contribution in [3.05, 3.63) is 65.2 Å². The topological polar surface area (TPSA) is 84.5 Å². The number of hydrogen-bond acceptors (Lipinski definition) is 6. The molecule has 0 spiro atoms. The largest absolute Gasteiger partial charge is 0.429 e. The summed E-state index contributed by atoms with van der Waals surface area (Å²) in [6, 6.07) is 16.1. The molecule has 0 saturated carbocycles. The minimum Gasteiger partial charge on any atom is -0.429 e. The van der Waals surface area contributed by atoms with Gasteiger partial charge in [0.25, 0.3) is 6.47 Å². The van der Waals surface area contributed by atoms with Crippen LogP contribution in [0.25, 0.3) is 0 Å². The van der Waals surface area contributed by atoms with Crippen molar-refractivity contribution in [1.82, 2.24) is 10.6 Å². The van der Waals surface area contributed by atoms with Gasteiger partial charge in [0.15, 0.2) is 0 Å². The smallest absolute Gasteiger partial charge is 0.373 e. The first-order chi connectivity index (χ1) is 12.6. The highest BCUT2D eigenvalue weighted by molar-refractivity contribution is 5.85. The molecule has 0 aliphatic carbocycles. The van der Waals surface area contributed by atoms with E-state index in [2.05, 4.69) is 46.6 Å². The molecule has 0 bridgehead atoms. The van der Waals surface area contributed by atoms with Gasteiger partial charge in [0, 0.05) is 13.1 Å². The third kappa shape index (κ3) is 14.9. The number of benzene rings is 2. The standard InChI is InChI=1S/C10H15N.C9H11NO2.CO2.2ClH/c1-3-9-4-6-10(7-5-9)8-11-2;1-10-6-8-2-4-9(5-3-8)12-7-11;2-1-3;;/h4-7,11H,3,8H2,1-2H3;2-5,7,10H,6H2,1H3;;2*1H. The third-order valence-corrected chi connectivity index (χ3v) is 3.30. The quantitative estimate of drug-likeness (QED) is 0.656. The molecule has 0 aromatic heterocycles. The molecule has 0 aliphatic rings. The number of carbonyl (C=O) groups excluding carboxylic acids is 3. The number of hydrogen-bond donors (Lipinski definition) is 2. The van der Waals surface area contributed by atoms with Crippen LogP contribution in [-0.2, 0) is 33.9 Å². The Labute approximate surface area is 178 Å². The Morgan fingerprint density at radius 1 is 0.821 bits per heavy atom. The number of carbonyl (C=O) groups is 1. The van der Waals surface area contributed by atoms with Gasteiger partial charge in [-0.1, -0.05) is 43.3 Å². The van der Waals surface area contributed by atoms with Gasteiger partial charge in [-0.25, -0.2) is 0 Å². The first-order valence-electron chi connectivity index (χ1n) is 8.20. The number of aryl methyl sites for hydroxylation is 1. The number of nitrogens with one attached hydrogen (secondary N) is 2. The predicted molar refractivity (Wildman–Crippen MR) is 114 cm³/mol. The van der Waals surface area contributed by atoms with E-state index < -0.39 is 0 Å². The normalized spacial score (nSPS) is 8.25. The van der Waals surface area contributed by atoms with E-state index in [9.17, 15) is 4.79 Å². The molecule has 0 radical (unpaired) electrons. The minimum atomic E-state index is 0. The van der Waals surface area contributed by atoms with Gasteiger partial charge in [-0.3, -0.25) is 4.79 Å². The molecular formula is C20H28Cl2N2O4. The second-order valence-corrected chi connectivity index (χ2v) is 5.17. The lowest BCUT2D eigenvalue weighted by molar-refractivity contribution is -0.191. The number of rotatable bonds is 7. The van der Waals surface area contributed by atoms with Crippen molar-refractivity contribution < 1.29 is 19.1 Å². The fourth-order valence-electron chi connectivity index (χ4n) is 2.04. The molecule has 0 aliphatic heterocycles. The van der Waals surface area contributed by atoms with Crippen LogP contribution in [0.2, 0.25) is 0 Å². The highest BCUT2D eigenvalue weighted by Gasteiger charge is 1.92. The van der Waals surface area contributed by atoms with E-state index in [0.717, 1.165) is 25.1 Å². The van der Waals surface area contributed by atoms with Gasteiger partial charge in [-0.2, -0.15) is 9.59 Å². The first-order valence-corrected chi connectivity index (χ1v) is 8.20. The van der Waals surface area contributed by atoms with Crippen LogP contribution in [0.3, 0.4) is 0 Å². The summed E-state index contributed by atoms with van der Waals surface area (Å²) >= 11 is 0. The van der Waals surface area contributed by atoms with E-state index in [1.807, 2.05) is 26.2 Å². The molecule has 0 amide bonds. The lowest BCUT2D eigenvalue weighted by Crippen LogP contribution is -2.04. The maximum Gasteiger partial charge on any atom is 0.373 e. The molecule has 6 nitrogen and oxygen atoms in total. The van der Waals surface area contributed by atoms with Gasteiger partial charge in [-0.15, -0.1) is 24.8 Å². The summed E-state index contributed by atoms with van der Waals surface area (Å²) in [5.41, 5.74) is 3.92. The van der Waals surface area contributed by atoms with Crippen LogP contribution in [0.15, 0.2) is 48.5 Å². The second-order valence-electron chi connectivity index (χ2n) is 5.17. The molecule has 8 heteroatoms. The Kier molecular flexibility index (Phi) is 23.0. The van der Waals surface area contributed by atoms with E-state index in [1.165, 1.54) is 11.1 Å². The van der Waals surface area contributed by atoms with Crippen LogP contribution in [0, 0.1) is 0 Å². The van der Waals surface area contributed by atoms with Crippen LogP contribution in [-0.4, -0.2) is 26.7 Å². The molecule has 0 fully saturated rings. The van der Waals surface area contributed by atoms with E-state index >= 15 is 0 Å². The Morgan fingerprint density at radius 2 is 1.18 bits per heavy atom. The van der Waals surface area contributed by atoms with Gasteiger partial charge >= 0.3 is 6.15 Å². The van der Waals surface area contributed by atoms with Crippen molar-refractivity contribution >= 4 is 37.4 Å². The van der Waals surface area contributed by atoms with Crippen molar-refractivity contribution in [1.29, 1.82) is 0 Å². The highest BCUT2D eigenvalue weighted by atomic mass is 35.5. The van der Waals surface area contributed by atoms with Gasteiger partial charge in [0.05, 0.1) is 0 Å². The summed E-state index contributed by atoms with van der Waals surface area (Å²) in [6.07, 6.45) is 1.37. The zero-order chi connectivity index (χ0) is 19.6. The van der Waals surface area contributed by atoms with E-state index in [-0.39, 0.29) is 31.0 Å². The lowest BCUT2D eigenvalue weighted by Gasteiger charge is -2.00. The predicted octanol–water partition coefficient (Wildman–Crippen LogP) is 3.17. The second kappa shape index (κ2) is 21.1. The van der Waals surface area contributed by atoms with Crippen molar-refractivity contribution in [3.63, 3.8) is 0 Å². The van der Waals surface area contributed by atoms with E-state index in [0.29, 0.717) is 12.2 Å². The van der Waals surface area contributed by atoms with Crippen LogP contribution >= 0.6 is 24.8 Å². The fraction of sp³-hybridized carbons (Fsp3) is 0.300. The molecule has 2 N–H and O–H groups in total. The molecule has 0 atom stereocenters. The first kappa shape index (κ1) is 30.5. The maximum atomic E-state index is 9.95. The van der Waals surface area contributed by atoms with Crippen molar-refractivity contribution in [2.24, 2.45) is 0 Å². The van der Waals surface area contributed by atoms with Crippen LogP contribution in [0.5, 0.6) is 5.75 Å². The molecule has 28 heavy (non-hydrogen) atoms. The third-order valence-electron chi connectivity index (χ3n) is 3.30. The number of ether oxygens (including phenoxy) is 1. The minimum absolute atomic E-state index is 0. The summed E-state index contributed by atoms with van der Waals surface area (Å²) in [5.74, 6) is 0.574. The maximum absolute atomic E-state index is 9.95. The summed E-state index contributed by atoms with van der Waals surface area (Å²) < 4.78 is 4.64. The zero-order valence-corrected chi connectivity index (χ0v) is 17.9. The molecule has 2 rings (SSSR count). The van der Waals surface area contributed by atoms with Crippen molar-refractivity contribution in [2.75, 3.05) is 14.1 Å². The van der Waals surface area contributed by atoms with E-state index in [1.54, 1.807) is 12.1 Å². The van der Waals surface area contributed by atoms with Gasteiger partial charge < -0.3 is 15.4 Å². The SMILES string of the molecule is CCc1ccc(CNC)cc1.CNCc1ccc(OC=O)cc1.Cl.Cl.O=C=O. The van der Waals surface area contributed by atoms with Gasteiger partial charge in [0.1, 0.15) is 5.75 Å². The lowest BCUT2D eigenvalue weighted by atomic mass is 10.1.